The predicted octanol–water partition coefficient (Wildman–Crippen LogP) is 12.8. The quantitative estimate of drug-likeness (QED) is 0.118. The highest BCUT2D eigenvalue weighted by Gasteiger charge is 2.23. The third-order valence-electron chi connectivity index (χ3n) is 12.4. The van der Waals surface area contributed by atoms with Gasteiger partial charge in [-0.1, -0.05) is 12.1 Å². The van der Waals surface area contributed by atoms with Gasteiger partial charge in [0.1, 0.15) is 23.3 Å². The molecule has 0 atom stereocenters. The molecule has 0 unspecified atom stereocenters. The molecule has 1 aliphatic heterocycles. The number of morpholine rings is 1. The highest BCUT2D eigenvalue weighted by Crippen LogP contribution is 2.42. The predicted molar refractivity (Wildman–Crippen MR) is 285 cm³/mol. The van der Waals surface area contributed by atoms with Crippen molar-refractivity contribution in [2.24, 2.45) is 0 Å². The summed E-state index contributed by atoms with van der Waals surface area (Å²) in [6.07, 6.45) is 10.1. The van der Waals surface area contributed by atoms with Crippen LogP contribution in [0.3, 0.4) is 0 Å². The molecule has 11 rings (SSSR count). The van der Waals surface area contributed by atoms with Gasteiger partial charge < -0.3 is 29.7 Å². The Morgan fingerprint density at radius 1 is 0.547 bits per heavy atom. The van der Waals surface area contributed by atoms with Gasteiger partial charge in [0.25, 0.3) is 0 Å². The first-order valence-electron chi connectivity index (χ1n) is 23.4. The maximum Gasteiger partial charge on any atom is 0.212 e. The molecule has 75 heavy (non-hydrogen) atoms. The van der Waals surface area contributed by atoms with E-state index in [4.69, 9.17) is 19.2 Å². The Balaban J connectivity index is 0.000000173. The van der Waals surface area contributed by atoms with Crippen molar-refractivity contribution in [3.63, 3.8) is 0 Å². The summed E-state index contributed by atoms with van der Waals surface area (Å²) in [7, 11) is 3.10. The van der Waals surface area contributed by atoms with Crippen molar-refractivity contribution in [2.75, 3.05) is 56.1 Å². The van der Waals surface area contributed by atoms with Gasteiger partial charge in [-0.05, 0) is 78.3 Å². The number of ether oxygens (including phenoxy) is 3. The SMILES string of the molecule is COc1ccc(-c2ncc(Br)cc2Nc2c(C)c(-c3ccccn3)nc3cc(F)cc(F)c23)cn1.COc1ccc(-c2ncc(N3CCOCC3)cc2Nc2c(C)c(-c3ccccn3)nc3cc(F)cc(F)c23)cn1. The van der Waals surface area contributed by atoms with Gasteiger partial charge in [-0.15, -0.1) is 0 Å². The lowest BCUT2D eigenvalue weighted by Crippen LogP contribution is -2.36. The summed E-state index contributed by atoms with van der Waals surface area (Å²) in [5.41, 5.74) is 9.56. The molecule has 376 valence electrons. The van der Waals surface area contributed by atoms with Crippen LogP contribution in [-0.2, 0) is 4.74 Å². The second-order valence-electron chi connectivity index (χ2n) is 17.1. The van der Waals surface area contributed by atoms with E-state index in [0.717, 1.165) is 46.5 Å². The number of methoxy groups -OCH3 is 2. The maximum atomic E-state index is 15.4. The zero-order chi connectivity index (χ0) is 52.2. The molecule has 2 N–H and O–H groups in total. The van der Waals surface area contributed by atoms with Gasteiger partial charge in [0, 0.05) is 107 Å². The van der Waals surface area contributed by atoms with Gasteiger partial charge in [-0.2, -0.15) is 0 Å². The van der Waals surface area contributed by atoms with Gasteiger partial charge in [0.2, 0.25) is 11.8 Å². The van der Waals surface area contributed by atoms with Crippen molar-refractivity contribution in [3.8, 4) is 57.1 Å². The Morgan fingerprint density at radius 3 is 1.49 bits per heavy atom. The summed E-state index contributed by atoms with van der Waals surface area (Å²) in [6, 6.07) is 26.0. The molecule has 14 nitrogen and oxygen atoms in total. The van der Waals surface area contributed by atoms with Crippen LogP contribution in [0.2, 0.25) is 0 Å². The number of halogens is 5. The van der Waals surface area contributed by atoms with E-state index in [0.29, 0.717) is 93.0 Å². The van der Waals surface area contributed by atoms with Crippen LogP contribution in [0.5, 0.6) is 11.8 Å². The number of benzene rings is 2. The summed E-state index contributed by atoms with van der Waals surface area (Å²) >= 11 is 3.46. The Kier molecular flexibility index (Phi) is 14.5. The van der Waals surface area contributed by atoms with Crippen LogP contribution in [0.1, 0.15) is 11.1 Å². The first-order valence-corrected chi connectivity index (χ1v) is 24.2. The molecular weight excluding hydrogens is 1030 g/mol. The summed E-state index contributed by atoms with van der Waals surface area (Å²) in [5, 5.41) is 7.14. The summed E-state index contributed by atoms with van der Waals surface area (Å²) in [5.74, 6) is -1.91. The average molecular weight is 1070 g/mol. The summed E-state index contributed by atoms with van der Waals surface area (Å²) < 4.78 is 75.6. The lowest BCUT2D eigenvalue weighted by atomic mass is 10.0. The van der Waals surface area contributed by atoms with Crippen molar-refractivity contribution in [1.29, 1.82) is 0 Å². The number of aromatic nitrogens is 8. The van der Waals surface area contributed by atoms with Crippen molar-refractivity contribution in [1.82, 2.24) is 39.9 Å². The molecule has 0 amide bonds. The smallest absolute Gasteiger partial charge is 0.212 e. The highest BCUT2D eigenvalue weighted by atomic mass is 79.9. The van der Waals surface area contributed by atoms with Gasteiger partial charge in [0.05, 0.1) is 118 Å². The third-order valence-corrected chi connectivity index (χ3v) is 12.8. The third kappa shape index (κ3) is 10.6. The molecule has 2 aromatic carbocycles. The second-order valence-corrected chi connectivity index (χ2v) is 18.0. The number of anilines is 5. The van der Waals surface area contributed by atoms with Crippen LogP contribution in [0.4, 0.5) is 46.0 Å². The minimum Gasteiger partial charge on any atom is -0.481 e. The molecule has 9 heterocycles. The standard InChI is InChI=1S/C30H26F2N6O2.C26H18BrF2N5O/c1-18-28(23-5-3-4-8-33-23)36-24-14-20(31)13-22(32)27(24)29(18)37-25-15-21(38-9-11-40-12-10-38)17-35-30(25)19-6-7-26(39-2)34-16-19;1-14-24(19-5-3-4-8-30-19)33-20-11-17(28)10-18(29)23(20)25(14)34-21-9-16(27)13-32-26(21)15-6-7-22(35-2)31-12-15/h3-8,13-17H,9-12H2,1-2H3,(H,36,37);3-13H,1-2H3,(H,33,34). The van der Waals surface area contributed by atoms with Crippen molar-refractivity contribution >= 4 is 66.2 Å². The molecule has 1 fully saturated rings. The van der Waals surface area contributed by atoms with Crippen LogP contribution < -0.4 is 25.0 Å². The molecule has 0 bridgehead atoms. The van der Waals surface area contributed by atoms with Crippen LogP contribution >= 0.6 is 15.9 Å². The number of hydrogen-bond acceptors (Lipinski definition) is 14. The summed E-state index contributed by atoms with van der Waals surface area (Å²) in [4.78, 5) is 38.1. The van der Waals surface area contributed by atoms with E-state index >= 15 is 8.78 Å². The molecule has 0 spiro atoms. The first-order chi connectivity index (χ1) is 36.5. The molecule has 10 aromatic rings. The molecular formula is C56H44BrF4N11O3. The largest absolute Gasteiger partial charge is 0.481 e. The molecule has 0 saturated carbocycles. The van der Waals surface area contributed by atoms with E-state index < -0.39 is 23.3 Å². The number of nitrogens with zero attached hydrogens (tertiary/aromatic N) is 9. The maximum absolute atomic E-state index is 15.4. The van der Waals surface area contributed by atoms with E-state index in [-0.39, 0.29) is 21.8 Å². The first kappa shape index (κ1) is 49.9. The van der Waals surface area contributed by atoms with E-state index in [9.17, 15) is 8.78 Å². The normalized spacial score (nSPS) is 12.3. The van der Waals surface area contributed by atoms with E-state index in [1.807, 2.05) is 62.5 Å². The molecule has 1 saturated heterocycles. The molecule has 1 aliphatic rings. The van der Waals surface area contributed by atoms with Gasteiger partial charge >= 0.3 is 0 Å². The van der Waals surface area contributed by atoms with Crippen molar-refractivity contribution < 1.29 is 31.8 Å². The van der Waals surface area contributed by atoms with E-state index in [1.165, 1.54) is 12.1 Å². The number of nitrogens with one attached hydrogen (secondary N) is 2. The fourth-order valence-electron chi connectivity index (χ4n) is 8.72. The lowest BCUT2D eigenvalue weighted by molar-refractivity contribution is 0.122. The Hall–Kier alpha value is -8.68. The van der Waals surface area contributed by atoms with Crippen molar-refractivity contribution in [3.05, 3.63) is 173 Å². The lowest BCUT2D eigenvalue weighted by Gasteiger charge is -2.29. The number of fused-ring (bicyclic) bond motifs is 2. The molecule has 19 heteroatoms. The highest BCUT2D eigenvalue weighted by molar-refractivity contribution is 9.10. The zero-order valence-corrected chi connectivity index (χ0v) is 42.3. The monoisotopic (exact) mass is 1070 g/mol. The fraction of sp³-hybridized carbons (Fsp3) is 0.143. The van der Waals surface area contributed by atoms with Crippen LogP contribution in [0, 0.1) is 37.1 Å². The van der Waals surface area contributed by atoms with Crippen LogP contribution in [0.25, 0.3) is 67.1 Å². The fourth-order valence-corrected chi connectivity index (χ4v) is 9.05. The van der Waals surface area contributed by atoms with E-state index in [2.05, 4.69) is 66.4 Å². The minimum absolute atomic E-state index is 0.169. The minimum atomic E-state index is -0.721. The Labute approximate surface area is 436 Å². The number of pyridine rings is 8. The van der Waals surface area contributed by atoms with Gasteiger partial charge in [0.15, 0.2) is 0 Å². The van der Waals surface area contributed by atoms with Crippen LogP contribution in [-0.4, -0.2) is 80.4 Å². The van der Waals surface area contributed by atoms with Gasteiger partial charge in [-0.3, -0.25) is 19.9 Å². The average Bonchev–Trinajstić information content (AvgIpc) is 3.43. The Bertz CT molecular complexity index is 3710. The number of rotatable bonds is 11. The van der Waals surface area contributed by atoms with Crippen molar-refractivity contribution in [2.45, 2.75) is 13.8 Å². The van der Waals surface area contributed by atoms with Gasteiger partial charge in [-0.25, -0.2) is 37.5 Å². The molecule has 0 radical (unpaired) electrons. The van der Waals surface area contributed by atoms with E-state index in [1.54, 1.807) is 75.5 Å². The number of hydrogen-bond donors (Lipinski definition) is 2. The Morgan fingerprint density at radius 2 is 1.04 bits per heavy atom. The zero-order valence-electron chi connectivity index (χ0n) is 40.7. The summed E-state index contributed by atoms with van der Waals surface area (Å²) in [6.45, 7) is 6.34. The molecule has 0 aliphatic carbocycles. The second kappa shape index (κ2) is 21.8. The van der Waals surface area contributed by atoms with Crippen LogP contribution in [0.15, 0.2) is 139 Å². The topological polar surface area (TPSA) is 158 Å². The molecule has 8 aromatic heterocycles.